The Balaban J connectivity index is 1.07. The van der Waals surface area contributed by atoms with Gasteiger partial charge in [0.05, 0.1) is 11.4 Å². The van der Waals surface area contributed by atoms with Gasteiger partial charge < -0.3 is 0 Å². The van der Waals surface area contributed by atoms with Crippen LogP contribution in [0.2, 0.25) is 0 Å². The van der Waals surface area contributed by atoms with Crippen LogP contribution in [-0.2, 0) is 0 Å². The first-order valence-electron chi connectivity index (χ1n) is 25.0. The van der Waals surface area contributed by atoms with Gasteiger partial charge >= 0.3 is 0 Å². The third kappa shape index (κ3) is 8.95. The summed E-state index contributed by atoms with van der Waals surface area (Å²) in [6.07, 6.45) is 0. The minimum absolute atomic E-state index is 0.685. The molecule has 73 heavy (non-hydrogen) atoms. The van der Waals surface area contributed by atoms with Gasteiger partial charge in [-0.3, -0.25) is 0 Å². The van der Waals surface area contributed by atoms with Crippen molar-refractivity contribution in [2.75, 3.05) is 0 Å². The molecular weight excluding hydrogens is 897 g/mol. The lowest BCUT2D eigenvalue weighted by Gasteiger charge is -2.34. The zero-order valence-corrected chi connectivity index (χ0v) is 41.3. The minimum Gasteiger partial charge on any atom is -0.228 e. The standard InChI is InChI=1S/C70H50N2Si/c1-8-24-51(25-9-1)53-42-44-54(45-43-53)67-50-68(72-70(71-67)56-30-14-4-15-31-56)59-34-22-32-57(46-59)65-48-60(52-26-10-2-11-27-52)49-66(69(65)55-28-12-3-13-29-55)58-33-23-41-64(47-58)73(61-35-16-5-17-36-61,62-37-18-6-19-38-62)63-39-20-7-21-40-63/h1-50H. The van der Waals surface area contributed by atoms with E-state index in [-0.39, 0.29) is 0 Å². The Labute approximate surface area is 429 Å². The van der Waals surface area contributed by atoms with E-state index in [1.165, 1.54) is 37.4 Å². The predicted molar refractivity (Wildman–Crippen MR) is 309 cm³/mol. The van der Waals surface area contributed by atoms with Crippen LogP contribution in [-0.4, -0.2) is 18.0 Å². The van der Waals surface area contributed by atoms with Crippen molar-refractivity contribution >= 4 is 28.8 Å². The molecular formula is C70H50N2Si. The zero-order chi connectivity index (χ0) is 48.8. The molecule has 12 rings (SSSR count). The highest BCUT2D eigenvalue weighted by Crippen LogP contribution is 2.44. The molecule has 0 aliphatic rings. The Morgan fingerprint density at radius 3 is 1.05 bits per heavy atom. The van der Waals surface area contributed by atoms with E-state index < -0.39 is 8.07 Å². The Bertz CT molecular complexity index is 3700. The van der Waals surface area contributed by atoms with Crippen LogP contribution in [0.3, 0.4) is 0 Å². The van der Waals surface area contributed by atoms with Crippen LogP contribution in [0, 0.1) is 0 Å². The molecule has 0 saturated heterocycles. The van der Waals surface area contributed by atoms with E-state index in [2.05, 4.69) is 285 Å². The maximum absolute atomic E-state index is 5.31. The number of hydrogen-bond acceptors (Lipinski definition) is 2. The van der Waals surface area contributed by atoms with E-state index in [0.29, 0.717) is 5.82 Å². The summed E-state index contributed by atoms with van der Waals surface area (Å²) in [5.74, 6) is 0.685. The van der Waals surface area contributed by atoms with Crippen LogP contribution in [0.1, 0.15) is 0 Å². The van der Waals surface area contributed by atoms with Crippen LogP contribution in [0.25, 0.3) is 89.5 Å². The normalized spacial score (nSPS) is 11.3. The SMILES string of the molecule is c1ccc(-c2ccc(-c3cc(-c4cccc(-c5cc(-c6ccccc6)cc(-c6cccc([Si](c7ccccc7)(c7ccccc7)c7ccccc7)c6)c5-c5ccccc5)c4)nc(-c4ccccc4)n3)cc2)cc1. The summed E-state index contributed by atoms with van der Waals surface area (Å²) in [5.41, 5.74) is 16.3. The second-order valence-corrected chi connectivity index (χ2v) is 22.3. The monoisotopic (exact) mass is 946 g/mol. The van der Waals surface area contributed by atoms with Crippen molar-refractivity contribution in [2.45, 2.75) is 0 Å². The summed E-state index contributed by atoms with van der Waals surface area (Å²) in [5, 5.41) is 5.35. The van der Waals surface area contributed by atoms with Gasteiger partial charge in [0.25, 0.3) is 0 Å². The number of benzene rings is 11. The van der Waals surface area contributed by atoms with E-state index in [9.17, 15) is 0 Å². The molecule has 3 heteroatoms. The molecule has 0 fully saturated rings. The lowest BCUT2D eigenvalue weighted by molar-refractivity contribution is 1.18. The van der Waals surface area contributed by atoms with E-state index in [1.54, 1.807) is 0 Å². The molecule has 12 aromatic rings. The fraction of sp³-hybridized carbons (Fsp3) is 0. The highest BCUT2D eigenvalue weighted by molar-refractivity contribution is 7.19. The van der Waals surface area contributed by atoms with Gasteiger partial charge in [0, 0.05) is 16.7 Å². The summed E-state index contributed by atoms with van der Waals surface area (Å²) in [6.45, 7) is 0. The molecule has 0 radical (unpaired) electrons. The first kappa shape index (κ1) is 44.9. The third-order valence-corrected chi connectivity index (χ3v) is 18.8. The quantitative estimate of drug-likeness (QED) is 0.0901. The van der Waals surface area contributed by atoms with Gasteiger partial charge in [0.2, 0.25) is 0 Å². The van der Waals surface area contributed by atoms with Crippen molar-refractivity contribution in [2.24, 2.45) is 0 Å². The molecule has 1 heterocycles. The summed E-state index contributed by atoms with van der Waals surface area (Å²) in [4.78, 5) is 10.5. The molecule has 2 nitrogen and oxygen atoms in total. The number of aromatic nitrogens is 2. The zero-order valence-electron chi connectivity index (χ0n) is 40.3. The largest absolute Gasteiger partial charge is 0.228 e. The summed E-state index contributed by atoms with van der Waals surface area (Å²) in [7, 11) is -2.85. The van der Waals surface area contributed by atoms with Crippen molar-refractivity contribution in [3.05, 3.63) is 303 Å². The van der Waals surface area contributed by atoms with E-state index in [0.717, 1.165) is 67.0 Å². The maximum Gasteiger partial charge on any atom is 0.179 e. The lowest BCUT2D eigenvalue weighted by Crippen LogP contribution is -2.74. The maximum atomic E-state index is 5.31. The highest BCUT2D eigenvalue weighted by Gasteiger charge is 2.41. The van der Waals surface area contributed by atoms with Gasteiger partial charge in [-0.15, -0.1) is 0 Å². The number of rotatable bonds is 12. The van der Waals surface area contributed by atoms with Crippen LogP contribution in [0.15, 0.2) is 303 Å². The average Bonchev–Trinajstić information content (AvgIpc) is 3.49. The second kappa shape index (κ2) is 20.2. The van der Waals surface area contributed by atoms with E-state index in [4.69, 9.17) is 9.97 Å². The molecule has 11 aromatic carbocycles. The van der Waals surface area contributed by atoms with E-state index in [1.807, 2.05) is 18.2 Å². The van der Waals surface area contributed by atoms with Crippen molar-refractivity contribution in [3.8, 4) is 89.5 Å². The van der Waals surface area contributed by atoms with Crippen LogP contribution in [0.4, 0.5) is 0 Å². The predicted octanol–water partition coefficient (Wildman–Crippen LogP) is 15.2. The number of nitrogens with zero attached hydrogens (tertiary/aromatic N) is 2. The summed E-state index contributed by atoms with van der Waals surface area (Å²) in [6, 6.07) is 110. The summed E-state index contributed by atoms with van der Waals surface area (Å²) < 4.78 is 0. The van der Waals surface area contributed by atoms with Gasteiger partial charge in [0.15, 0.2) is 13.9 Å². The first-order chi connectivity index (χ1) is 36.2. The molecule has 0 unspecified atom stereocenters. The van der Waals surface area contributed by atoms with Crippen molar-refractivity contribution in [3.63, 3.8) is 0 Å². The Morgan fingerprint density at radius 2 is 0.548 bits per heavy atom. The van der Waals surface area contributed by atoms with Gasteiger partial charge in [0.1, 0.15) is 0 Å². The van der Waals surface area contributed by atoms with Crippen molar-refractivity contribution < 1.29 is 0 Å². The second-order valence-electron chi connectivity index (χ2n) is 18.5. The smallest absolute Gasteiger partial charge is 0.179 e. The van der Waals surface area contributed by atoms with Crippen LogP contribution in [0.5, 0.6) is 0 Å². The molecule has 344 valence electrons. The molecule has 0 aliphatic heterocycles. The molecule has 0 spiro atoms. The molecule has 1 aromatic heterocycles. The third-order valence-electron chi connectivity index (χ3n) is 14.1. The Kier molecular flexibility index (Phi) is 12.4. The highest BCUT2D eigenvalue weighted by atomic mass is 28.3. The topological polar surface area (TPSA) is 25.8 Å². The van der Waals surface area contributed by atoms with E-state index >= 15 is 0 Å². The van der Waals surface area contributed by atoms with Gasteiger partial charge in [-0.25, -0.2) is 9.97 Å². The Morgan fingerprint density at radius 1 is 0.205 bits per heavy atom. The minimum atomic E-state index is -2.85. The summed E-state index contributed by atoms with van der Waals surface area (Å²) >= 11 is 0. The van der Waals surface area contributed by atoms with Crippen molar-refractivity contribution in [1.29, 1.82) is 0 Å². The van der Waals surface area contributed by atoms with Crippen LogP contribution >= 0.6 is 0 Å². The molecule has 0 amide bonds. The molecule has 0 bridgehead atoms. The molecule has 0 saturated carbocycles. The molecule has 0 atom stereocenters. The molecule has 0 aliphatic carbocycles. The number of hydrogen-bond donors (Lipinski definition) is 0. The fourth-order valence-electron chi connectivity index (χ4n) is 10.6. The van der Waals surface area contributed by atoms with Crippen molar-refractivity contribution in [1.82, 2.24) is 9.97 Å². The average molecular weight is 947 g/mol. The van der Waals surface area contributed by atoms with Gasteiger partial charge in [-0.1, -0.05) is 279 Å². The molecule has 0 N–H and O–H groups in total. The van der Waals surface area contributed by atoms with Gasteiger partial charge in [-0.2, -0.15) is 0 Å². The fourth-order valence-corrected chi connectivity index (χ4v) is 15.4. The lowest BCUT2D eigenvalue weighted by atomic mass is 9.84. The first-order valence-corrected chi connectivity index (χ1v) is 27.0. The Hall–Kier alpha value is -9.28. The van der Waals surface area contributed by atoms with Gasteiger partial charge in [-0.05, 0) is 101 Å². The van der Waals surface area contributed by atoms with Crippen LogP contribution < -0.4 is 20.7 Å².